The topological polar surface area (TPSA) is 75.7 Å². The van der Waals surface area contributed by atoms with E-state index in [2.05, 4.69) is 11.9 Å². The largest absolute Gasteiger partial charge is 0.482 e. The summed E-state index contributed by atoms with van der Waals surface area (Å²) in [7, 11) is -3.68. The molecule has 0 unspecified atom stereocenters. The summed E-state index contributed by atoms with van der Waals surface area (Å²) in [6, 6.07) is 4.35. The maximum Gasteiger partial charge on any atom is 0.258 e. The second kappa shape index (κ2) is 7.81. The molecule has 23 heavy (non-hydrogen) atoms. The maximum absolute atomic E-state index is 12.7. The highest BCUT2D eigenvalue weighted by molar-refractivity contribution is 7.89. The van der Waals surface area contributed by atoms with Crippen LogP contribution >= 0.6 is 11.6 Å². The van der Waals surface area contributed by atoms with Crippen molar-refractivity contribution in [2.24, 2.45) is 0 Å². The fraction of sp³-hybridized carbons (Fsp3) is 0.400. The van der Waals surface area contributed by atoms with Crippen LogP contribution in [0, 0.1) is 0 Å². The van der Waals surface area contributed by atoms with E-state index in [9.17, 15) is 13.2 Å². The Balaban J connectivity index is 2.20. The Morgan fingerprint density at radius 2 is 2.09 bits per heavy atom. The van der Waals surface area contributed by atoms with Crippen LogP contribution in [-0.4, -0.2) is 44.9 Å². The van der Waals surface area contributed by atoms with E-state index in [-0.39, 0.29) is 23.2 Å². The quantitative estimate of drug-likeness (QED) is 0.754. The van der Waals surface area contributed by atoms with Crippen LogP contribution in [0.4, 0.5) is 0 Å². The number of carbonyl (C=O) groups excluding carboxylic acids is 1. The number of nitrogens with one attached hydrogen (secondary N) is 1. The molecule has 1 aromatic carbocycles. The van der Waals surface area contributed by atoms with Gasteiger partial charge in [-0.05, 0) is 31.0 Å². The Morgan fingerprint density at radius 1 is 1.39 bits per heavy atom. The van der Waals surface area contributed by atoms with Crippen LogP contribution in [0.25, 0.3) is 0 Å². The molecule has 0 saturated carbocycles. The van der Waals surface area contributed by atoms with Gasteiger partial charge in [-0.15, -0.1) is 6.58 Å². The van der Waals surface area contributed by atoms with Crippen molar-refractivity contribution in [3.05, 3.63) is 35.9 Å². The van der Waals surface area contributed by atoms with Crippen LogP contribution in [-0.2, 0) is 14.8 Å². The lowest BCUT2D eigenvalue weighted by atomic mass is 10.3. The van der Waals surface area contributed by atoms with Crippen LogP contribution in [0.15, 0.2) is 35.7 Å². The van der Waals surface area contributed by atoms with E-state index >= 15 is 0 Å². The van der Waals surface area contributed by atoms with E-state index in [4.69, 9.17) is 16.3 Å². The fourth-order valence-electron chi connectivity index (χ4n) is 2.25. The van der Waals surface area contributed by atoms with Gasteiger partial charge in [-0.25, -0.2) is 8.42 Å². The van der Waals surface area contributed by atoms with Crippen molar-refractivity contribution in [3.63, 3.8) is 0 Å². The number of halogens is 1. The molecule has 126 valence electrons. The lowest BCUT2D eigenvalue weighted by Gasteiger charge is -2.18. The second-order valence-electron chi connectivity index (χ2n) is 5.08. The molecule has 0 aromatic heterocycles. The van der Waals surface area contributed by atoms with Gasteiger partial charge in [0, 0.05) is 24.7 Å². The lowest BCUT2D eigenvalue weighted by Crippen LogP contribution is -2.30. The predicted molar refractivity (Wildman–Crippen MR) is 88.1 cm³/mol. The average molecular weight is 359 g/mol. The SMILES string of the molecule is C=CCNC(=O)COc1ccc(Cl)cc1S(=O)(=O)N1CCCC1. The summed E-state index contributed by atoms with van der Waals surface area (Å²) < 4.78 is 32.2. The number of nitrogens with zero attached hydrogens (tertiary/aromatic N) is 1. The highest BCUT2D eigenvalue weighted by Crippen LogP contribution is 2.31. The van der Waals surface area contributed by atoms with E-state index in [1.165, 1.54) is 22.5 Å². The third kappa shape index (κ3) is 4.46. The zero-order valence-electron chi connectivity index (χ0n) is 12.6. The minimum Gasteiger partial charge on any atom is -0.482 e. The van der Waals surface area contributed by atoms with Crippen LogP contribution < -0.4 is 10.1 Å². The van der Waals surface area contributed by atoms with Gasteiger partial charge in [0.05, 0.1) is 0 Å². The zero-order valence-corrected chi connectivity index (χ0v) is 14.2. The van der Waals surface area contributed by atoms with E-state index in [1.54, 1.807) is 6.08 Å². The fourth-order valence-corrected chi connectivity index (χ4v) is 4.16. The Labute approximate surface area is 141 Å². The van der Waals surface area contributed by atoms with Crippen molar-refractivity contribution in [2.45, 2.75) is 17.7 Å². The molecule has 8 heteroatoms. The zero-order chi connectivity index (χ0) is 16.9. The number of carbonyl (C=O) groups is 1. The highest BCUT2D eigenvalue weighted by atomic mass is 35.5. The Bertz CT molecular complexity index is 685. The molecule has 1 heterocycles. The first-order chi connectivity index (χ1) is 10.9. The minimum absolute atomic E-state index is 0.0107. The number of sulfonamides is 1. The normalized spacial score (nSPS) is 15.3. The van der Waals surface area contributed by atoms with Crippen molar-refractivity contribution in [1.29, 1.82) is 0 Å². The molecule has 6 nitrogen and oxygen atoms in total. The molecule has 1 N–H and O–H groups in total. The summed E-state index contributed by atoms with van der Waals surface area (Å²) in [4.78, 5) is 11.6. The number of rotatable bonds is 7. The van der Waals surface area contributed by atoms with Gasteiger partial charge in [-0.1, -0.05) is 17.7 Å². The summed E-state index contributed by atoms with van der Waals surface area (Å²) in [5, 5.41) is 2.86. The second-order valence-corrected chi connectivity index (χ2v) is 7.43. The van der Waals surface area contributed by atoms with Gasteiger partial charge >= 0.3 is 0 Å². The first kappa shape index (κ1) is 17.8. The first-order valence-corrected chi connectivity index (χ1v) is 9.07. The van der Waals surface area contributed by atoms with Crippen LogP contribution in [0.2, 0.25) is 5.02 Å². The molecule has 0 radical (unpaired) electrons. The van der Waals surface area contributed by atoms with Crippen molar-refractivity contribution in [2.75, 3.05) is 26.2 Å². The number of ether oxygens (including phenoxy) is 1. The van der Waals surface area contributed by atoms with Gasteiger partial charge in [0.2, 0.25) is 10.0 Å². The molecule has 0 aliphatic carbocycles. The Morgan fingerprint density at radius 3 is 2.74 bits per heavy atom. The lowest BCUT2D eigenvalue weighted by molar-refractivity contribution is -0.122. The third-order valence-electron chi connectivity index (χ3n) is 3.39. The standard InChI is InChI=1S/C15H19ClN2O4S/c1-2-7-17-15(19)11-22-13-6-5-12(16)10-14(13)23(20,21)18-8-3-4-9-18/h2,5-6,10H,1,3-4,7-9,11H2,(H,17,19). The van der Waals surface area contributed by atoms with Crippen LogP contribution in [0.5, 0.6) is 5.75 Å². The number of benzene rings is 1. The minimum atomic E-state index is -3.68. The monoisotopic (exact) mass is 358 g/mol. The summed E-state index contributed by atoms with van der Waals surface area (Å²) >= 11 is 5.93. The van der Waals surface area contributed by atoms with E-state index in [0.717, 1.165) is 12.8 Å². The van der Waals surface area contributed by atoms with Gasteiger partial charge in [0.15, 0.2) is 6.61 Å². The maximum atomic E-state index is 12.7. The molecule has 1 aliphatic heterocycles. The summed E-state index contributed by atoms with van der Waals surface area (Å²) in [6.07, 6.45) is 3.21. The van der Waals surface area contributed by atoms with Gasteiger partial charge in [-0.2, -0.15) is 4.31 Å². The van der Waals surface area contributed by atoms with E-state index in [0.29, 0.717) is 24.7 Å². The molecule has 1 aromatic rings. The van der Waals surface area contributed by atoms with Gasteiger partial charge < -0.3 is 10.1 Å². The predicted octanol–water partition coefficient (Wildman–Crippen LogP) is 1.81. The molecule has 0 bridgehead atoms. The van der Waals surface area contributed by atoms with Crippen molar-refractivity contribution < 1.29 is 17.9 Å². The van der Waals surface area contributed by atoms with Gasteiger partial charge in [0.1, 0.15) is 10.6 Å². The molecule has 1 amide bonds. The number of hydrogen-bond acceptors (Lipinski definition) is 4. The molecular weight excluding hydrogens is 340 g/mol. The highest BCUT2D eigenvalue weighted by Gasteiger charge is 2.30. The summed E-state index contributed by atoms with van der Waals surface area (Å²) in [5.74, 6) is -0.237. The molecule has 2 rings (SSSR count). The van der Waals surface area contributed by atoms with Crippen molar-refractivity contribution in [1.82, 2.24) is 9.62 Å². The number of amides is 1. The molecule has 1 aliphatic rings. The summed E-state index contributed by atoms with van der Waals surface area (Å²) in [5.41, 5.74) is 0. The van der Waals surface area contributed by atoms with Crippen molar-refractivity contribution in [3.8, 4) is 5.75 Å². The van der Waals surface area contributed by atoms with Crippen LogP contribution in [0.3, 0.4) is 0 Å². The molecule has 1 fully saturated rings. The first-order valence-electron chi connectivity index (χ1n) is 7.25. The average Bonchev–Trinajstić information content (AvgIpc) is 3.06. The van der Waals surface area contributed by atoms with Gasteiger partial charge in [-0.3, -0.25) is 4.79 Å². The molecular formula is C15H19ClN2O4S. The van der Waals surface area contributed by atoms with E-state index in [1.807, 2.05) is 0 Å². The molecule has 0 atom stereocenters. The smallest absolute Gasteiger partial charge is 0.258 e. The number of hydrogen-bond donors (Lipinski definition) is 1. The van der Waals surface area contributed by atoms with E-state index < -0.39 is 10.0 Å². The van der Waals surface area contributed by atoms with Crippen molar-refractivity contribution >= 4 is 27.5 Å². The molecule has 0 spiro atoms. The third-order valence-corrected chi connectivity index (χ3v) is 5.55. The Kier molecular flexibility index (Phi) is 6.04. The Hall–Kier alpha value is -1.57. The van der Waals surface area contributed by atoms with Crippen LogP contribution in [0.1, 0.15) is 12.8 Å². The molecule has 1 saturated heterocycles. The van der Waals surface area contributed by atoms with Gasteiger partial charge in [0.25, 0.3) is 5.91 Å². The summed E-state index contributed by atoms with van der Waals surface area (Å²) in [6.45, 7) is 4.50.